The fourth-order valence-corrected chi connectivity index (χ4v) is 3.96. The van der Waals surface area contributed by atoms with Gasteiger partial charge < -0.3 is 10.2 Å². The lowest BCUT2D eigenvalue weighted by atomic mass is 10.0. The fraction of sp³-hybridized carbons (Fsp3) is 0.550. The molecule has 1 aliphatic rings. The molecule has 142 valence electrons. The summed E-state index contributed by atoms with van der Waals surface area (Å²) in [5.74, 6) is 0.791. The number of Topliss-reactive ketones (excluding diaryl/α,β-unsaturated/α-hetero) is 1. The second-order valence-corrected chi connectivity index (χ2v) is 8.84. The van der Waals surface area contributed by atoms with Crippen LogP contribution in [0, 0.1) is 13.8 Å². The highest BCUT2D eigenvalue weighted by Crippen LogP contribution is 2.23. The largest absolute Gasteiger partial charge is 0.350 e. The Morgan fingerprint density at radius 1 is 1.15 bits per heavy atom. The fourth-order valence-electron chi connectivity index (χ4n) is 2.78. The van der Waals surface area contributed by atoms with E-state index in [1.807, 2.05) is 46.8 Å². The molecule has 1 fully saturated rings. The van der Waals surface area contributed by atoms with Crippen molar-refractivity contribution in [2.45, 2.75) is 59.0 Å². The molecule has 1 atom stereocenters. The maximum absolute atomic E-state index is 12.6. The molecule has 0 aromatic heterocycles. The van der Waals surface area contributed by atoms with Crippen molar-refractivity contribution in [1.82, 2.24) is 10.2 Å². The van der Waals surface area contributed by atoms with Gasteiger partial charge in [0.1, 0.15) is 6.04 Å². The van der Waals surface area contributed by atoms with Crippen LogP contribution in [0.15, 0.2) is 18.2 Å². The van der Waals surface area contributed by atoms with Gasteiger partial charge in [-0.2, -0.15) is 0 Å². The number of hydrogen-bond acceptors (Lipinski definition) is 4. The Balaban J connectivity index is 1.94. The van der Waals surface area contributed by atoms with Crippen molar-refractivity contribution >= 4 is 29.4 Å². The normalized spacial score (nSPS) is 17.3. The molecule has 0 bridgehead atoms. The SMILES string of the molecule is Cc1ccc(C(=O)CCC(=O)N2CSCC2C(=O)NC(C)(C)C)cc1C. The minimum absolute atomic E-state index is 0.0380. The van der Waals surface area contributed by atoms with Gasteiger partial charge in [-0.1, -0.05) is 12.1 Å². The average molecular weight is 377 g/mol. The van der Waals surface area contributed by atoms with E-state index in [0.29, 0.717) is 17.2 Å². The molecule has 5 nitrogen and oxygen atoms in total. The number of amides is 2. The van der Waals surface area contributed by atoms with Crippen LogP contribution in [-0.2, 0) is 9.59 Å². The van der Waals surface area contributed by atoms with Crippen LogP contribution < -0.4 is 5.32 Å². The molecule has 0 aliphatic carbocycles. The molecule has 1 aromatic rings. The number of ketones is 1. The molecule has 1 saturated heterocycles. The summed E-state index contributed by atoms with van der Waals surface area (Å²) < 4.78 is 0. The van der Waals surface area contributed by atoms with E-state index in [1.165, 1.54) is 0 Å². The van der Waals surface area contributed by atoms with Crippen LogP contribution in [0.5, 0.6) is 0 Å². The molecule has 6 heteroatoms. The smallest absolute Gasteiger partial charge is 0.244 e. The average Bonchev–Trinajstić information content (AvgIpc) is 3.03. The Morgan fingerprint density at radius 3 is 2.46 bits per heavy atom. The van der Waals surface area contributed by atoms with Gasteiger partial charge >= 0.3 is 0 Å². The molecule has 1 aromatic carbocycles. The molecule has 0 radical (unpaired) electrons. The van der Waals surface area contributed by atoms with Crippen molar-refractivity contribution in [1.29, 1.82) is 0 Å². The van der Waals surface area contributed by atoms with E-state index in [-0.39, 0.29) is 36.0 Å². The molecular weight excluding hydrogens is 348 g/mol. The molecule has 1 N–H and O–H groups in total. The molecule has 2 amide bonds. The van der Waals surface area contributed by atoms with E-state index in [9.17, 15) is 14.4 Å². The lowest BCUT2D eigenvalue weighted by Gasteiger charge is -2.27. The minimum Gasteiger partial charge on any atom is -0.350 e. The van der Waals surface area contributed by atoms with Crippen LogP contribution >= 0.6 is 11.8 Å². The van der Waals surface area contributed by atoms with Crippen LogP contribution in [0.4, 0.5) is 0 Å². The zero-order valence-electron chi connectivity index (χ0n) is 16.2. The van der Waals surface area contributed by atoms with E-state index < -0.39 is 6.04 Å². The highest BCUT2D eigenvalue weighted by atomic mass is 32.2. The highest BCUT2D eigenvalue weighted by Gasteiger charge is 2.35. The van der Waals surface area contributed by atoms with Gasteiger partial charge in [-0.25, -0.2) is 0 Å². The monoisotopic (exact) mass is 376 g/mol. The molecule has 2 rings (SSSR count). The van der Waals surface area contributed by atoms with Crippen LogP contribution in [0.1, 0.15) is 55.1 Å². The molecule has 0 saturated carbocycles. The third kappa shape index (κ3) is 5.34. The number of carbonyl (C=O) groups excluding carboxylic acids is 3. The maximum Gasteiger partial charge on any atom is 0.244 e. The third-order valence-corrected chi connectivity index (χ3v) is 5.41. The van der Waals surface area contributed by atoms with Crippen LogP contribution in [0.25, 0.3) is 0 Å². The van der Waals surface area contributed by atoms with Crippen LogP contribution in [-0.4, -0.2) is 45.7 Å². The number of carbonyl (C=O) groups is 3. The van der Waals surface area contributed by atoms with E-state index in [4.69, 9.17) is 0 Å². The molecule has 1 aliphatic heterocycles. The van der Waals surface area contributed by atoms with E-state index in [1.54, 1.807) is 22.7 Å². The molecule has 1 heterocycles. The van der Waals surface area contributed by atoms with Crippen molar-refractivity contribution in [3.63, 3.8) is 0 Å². The van der Waals surface area contributed by atoms with Gasteiger partial charge in [0.25, 0.3) is 0 Å². The number of rotatable bonds is 5. The lowest BCUT2D eigenvalue weighted by Crippen LogP contribution is -2.52. The van der Waals surface area contributed by atoms with Gasteiger partial charge in [-0.3, -0.25) is 14.4 Å². The van der Waals surface area contributed by atoms with Gasteiger partial charge in [-0.15, -0.1) is 11.8 Å². The number of benzene rings is 1. The van der Waals surface area contributed by atoms with Crippen LogP contribution in [0.2, 0.25) is 0 Å². The van der Waals surface area contributed by atoms with Gasteiger partial charge in [0.05, 0.1) is 5.88 Å². The van der Waals surface area contributed by atoms with Crippen molar-refractivity contribution < 1.29 is 14.4 Å². The van der Waals surface area contributed by atoms with Gasteiger partial charge in [0, 0.05) is 29.7 Å². The highest BCUT2D eigenvalue weighted by molar-refractivity contribution is 7.99. The minimum atomic E-state index is -0.455. The number of hydrogen-bond donors (Lipinski definition) is 1. The Morgan fingerprint density at radius 2 is 1.85 bits per heavy atom. The standard InChI is InChI=1S/C20H28N2O3S/c1-13-6-7-15(10-14(13)2)17(23)8-9-18(24)22-12-26-11-16(22)19(25)21-20(3,4)5/h6-7,10,16H,8-9,11-12H2,1-5H3,(H,21,25). The second-order valence-electron chi connectivity index (χ2n) is 7.84. The summed E-state index contributed by atoms with van der Waals surface area (Å²) in [6.45, 7) is 9.72. The number of nitrogens with one attached hydrogen (secondary N) is 1. The third-order valence-electron chi connectivity index (χ3n) is 4.40. The quantitative estimate of drug-likeness (QED) is 0.802. The second kappa shape index (κ2) is 8.25. The van der Waals surface area contributed by atoms with Crippen molar-refractivity contribution in [3.05, 3.63) is 34.9 Å². The van der Waals surface area contributed by atoms with Crippen molar-refractivity contribution in [3.8, 4) is 0 Å². The molecular formula is C20H28N2O3S. The van der Waals surface area contributed by atoms with E-state index in [2.05, 4.69) is 5.32 Å². The first-order valence-corrected chi connectivity index (χ1v) is 10.0. The number of nitrogens with zero attached hydrogens (tertiary/aromatic N) is 1. The first-order valence-electron chi connectivity index (χ1n) is 8.88. The summed E-state index contributed by atoms with van der Waals surface area (Å²) in [6, 6.07) is 5.14. The van der Waals surface area contributed by atoms with Gasteiger partial charge in [-0.05, 0) is 51.8 Å². The number of thioether (sulfide) groups is 1. The summed E-state index contributed by atoms with van der Waals surface area (Å²) in [4.78, 5) is 39.0. The summed E-state index contributed by atoms with van der Waals surface area (Å²) in [6.07, 6.45) is 0.293. The zero-order chi connectivity index (χ0) is 19.5. The van der Waals surface area contributed by atoms with Crippen LogP contribution in [0.3, 0.4) is 0 Å². The van der Waals surface area contributed by atoms with Gasteiger partial charge in [0.15, 0.2) is 5.78 Å². The summed E-state index contributed by atoms with van der Waals surface area (Å²) >= 11 is 1.57. The van der Waals surface area contributed by atoms with E-state index >= 15 is 0 Å². The van der Waals surface area contributed by atoms with E-state index in [0.717, 1.165) is 11.1 Å². The molecule has 1 unspecified atom stereocenters. The Hall–Kier alpha value is -1.82. The topological polar surface area (TPSA) is 66.5 Å². The Bertz CT molecular complexity index is 709. The Kier molecular flexibility index (Phi) is 6.50. The van der Waals surface area contributed by atoms with Crippen molar-refractivity contribution in [2.24, 2.45) is 0 Å². The lowest BCUT2D eigenvalue weighted by molar-refractivity contribution is -0.138. The summed E-state index contributed by atoms with van der Waals surface area (Å²) in [5, 5.41) is 2.94. The van der Waals surface area contributed by atoms with Crippen molar-refractivity contribution in [2.75, 3.05) is 11.6 Å². The first kappa shape index (κ1) is 20.5. The maximum atomic E-state index is 12.6. The summed E-state index contributed by atoms with van der Waals surface area (Å²) in [5.41, 5.74) is 2.51. The molecule has 26 heavy (non-hydrogen) atoms. The first-order chi connectivity index (χ1) is 12.1. The predicted molar refractivity (Wildman–Crippen MR) is 105 cm³/mol. The number of aryl methyl sites for hydroxylation is 2. The Labute approximate surface area is 159 Å². The zero-order valence-corrected chi connectivity index (χ0v) is 17.0. The van der Waals surface area contributed by atoms with Gasteiger partial charge in [0.2, 0.25) is 11.8 Å². The summed E-state index contributed by atoms with van der Waals surface area (Å²) in [7, 11) is 0. The predicted octanol–water partition coefficient (Wildman–Crippen LogP) is 3.08. The molecule has 0 spiro atoms.